The van der Waals surface area contributed by atoms with Gasteiger partial charge >= 0.3 is 196 Å². The van der Waals surface area contributed by atoms with Crippen LogP contribution in [0.5, 0.6) is 0 Å². The predicted molar refractivity (Wildman–Crippen MR) is 129 cm³/mol. The summed E-state index contributed by atoms with van der Waals surface area (Å²) in [4.78, 5) is 0. The van der Waals surface area contributed by atoms with Crippen LogP contribution in [0.4, 0.5) is 0 Å². The smallest absolute Gasteiger partial charge is 1.00 e. The summed E-state index contributed by atoms with van der Waals surface area (Å²) < 4.78 is 1.50. The van der Waals surface area contributed by atoms with E-state index in [1.807, 2.05) is 0 Å². The van der Waals surface area contributed by atoms with E-state index in [2.05, 4.69) is 91.0 Å². The summed E-state index contributed by atoms with van der Waals surface area (Å²) >= 11 is -0.733. The number of benzene rings is 2. The fourth-order valence-electron chi connectivity index (χ4n) is 6.68. The van der Waals surface area contributed by atoms with Crippen molar-refractivity contribution in [3.05, 3.63) is 80.9 Å². The van der Waals surface area contributed by atoms with Crippen molar-refractivity contribution in [2.24, 2.45) is 0 Å². The molecule has 0 radical (unpaired) electrons. The summed E-state index contributed by atoms with van der Waals surface area (Å²) in [7, 11) is -1.85. The Hall–Kier alpha value is -0.400. The van der Waals surface area contributed by atoms with Crippen LogP contribution in [-0.4, -0.2) is 8.07 Å². The molecule has 0 fully saturated rings. The van der Waals surface area contributed by atoms with Gasteiger partial charge in [0.15, 0.2) is 0 Å². The number of allylic oxidation sites excluding steroid dienone is 2. The van der Waals surface area contributed by atoms with Gasteiger partial charge in [0.1, 0.15) is 0 Å². The van der Waals surface area contributed by atoms with E-state index >= 15 is 0 Å². The second-order valence-corrected chi connectivity index (χ2v) is 18.6. The van der Waals surface area contributed by atoms with Crippen LogP contribution in [0.25, 0.3) is 10.4 Å². The second-order valence-electron chi connectivity index (χ2n) is 10.7. The van der Waals surface area contributed by atoms with E-state index in [9.17, 15) is 0 Å². The molecule has 168 valence electrons. The zero-order valence-corrected chi connectivity index (χ0v) is 25.5. The van der Waals surface area contributed by atoms with Crippen LogP contribution in [0.2, 0.25) is 13.1 Å². The van der Waals surface area contributed by atoms with Gasteiger partial charge in [0.2, 0.25) is 0 Å². The first-order valence-electron chi connectivity index (χ1n) is 11.6. The van der Waals surface area contributed by atoms with Crippen molar-refractivity contribution >= 4 is 18.5 Å². The molecule has 4 heteroatoms. The standard InChI is InChI=1S/C28H34Si.2ClH.Zr/c1-17(2)23-13-9-11-21-15-19(5)27(25(21)23)29(7,8)28-20(6)16-22-12-10-14-24(18(3)4)26(22)28;;;/h9-18H,1-8H3;2*1H;/q;;;+2/p-2. The molecule has 0 saturated heterocycles. The van der Waals surface area contributed by atoms with E-state index in [-0.39, 0.29) is 24.8 Å². The largest absolute Gasteiger partial charge is 1.00 e. The van der Waals surface area contributed by atoms with Gasteiger partial charge in [0.25, 0.3) is 0 Å². The third-order valence-corrected chi connectivity index (χ3v) is 16.9. The SMILES string of the molecule is CC1=C2c3c(C(C)C)cccc3[CH]1[Zr+2][CH]1C(C)=C(c3c(C(C)C)cccc31)[Si]2(C)C.[Cl-].[Cl-]. The van der Waals surface area contributed by atoms with Crippen LogP contribution in [0.3, 0.4) is 0 Å². The van der Waals surface area contributed by atoms with Crippen LogP contribution in [0, 0.1) is 0 Å². The van der Waals surface area contributed by atoms with Crippen molar-refractivity contribution in [2.45, 2.75) is 73.7 Å². The van der Waals surface area contributed by atoms with Gasteiger partial charge in [-0.15, -0.1) is 0 Å². The van der Waals surface area contributed by atoms with Gasteiger partial charge in [-0.1, -0.05) is 0 Å². The molecule has 1 heterocycles. The summed E-state index contributed by atoms with van der Waals surface area (Å²) in [5, 5.41) is 3.60. The molecule has 32 heavy (non-hydrogen) atoms. The molecule has 2 aromatic rings. The predicted octanol–water partition coefficient (Wildman–Crippen LogP) is 2.18. The van der Waals surface area contributed by atoms with E-state index in [1.54, 1.807) is 54.9 Å². The summed E-state index contributed by atoms with van der Waals surface area (Å²) in [5.74, 6) is 1.17. The number of hydrogen-bond acceptors (Lipinski definition) is 0. The average molecular weight is 561 g/mol. The average Bonchev–Trinajstić information content (AvgIpc) is 3.14. The van der Waals surface area contributed by atoms with Crippen LogP contribution in [0.15, 0.2) is 47.5 Å². The Bertz CT molecular complexity index is 1050. The molecule has 4 bridgehead atoms. The maximum absolute atomic E-state index is 2.66. The Kier molecular flexibility index (Phi) is 7.37. The molecule has 3 aliphatic rings. The van der Waals surface area contributed by atoms with Gasteiger partial charge in [0, 0.05) is 0 Å². The molecule has 0 saturated carbocycles. The zero-order chi connectivity index (χ0) is 21.5. The molecule has 2 aliphatic carbocycles. The van der Waals surface area contributed by atoms with Crippen molar-refractivity contribution in [3.8, 4) is 0 Å². The molecule has 0 nitrogen and oxygen atoms in total. The summed E-state index contributed by atoms with van der Waals surface area (Å²) in [5.41, 5.74) is 13.5. The minimum Gasteiger partial charge on any atom is -1.00 e. The molecule has 0 amide bonds. The molecular formula is C28H34Cl2SiZr. The maximum atomic E-state index is 2.66. The van der Waals surface area contributed by atoms with E-state index in [0.29, 0.717) is 11.8 Å². The van der Waals surface area contributed by atoms with E-state index in [4.69, 9.17) is 0 Å². The quantitative estimate of drug-likeness (QED) is 0.494. The molecular weight excluding hydrogens is 527 g/mol. The van der Waals surface area contributed by atoms with Crippen molar-refractivity contribution < 1.29 is 48.0 Å². The first-order chi connectivity index (χ1) is 14.2. The van der Waals surface area contributed by atoms with Crippen molar-refractivity contribution in [1.82, 2.24) is 0 Å². The second kappa shape index (κ2) is 8.99. The van der Waals surface area contributed by atoms with Crippen LogP contribution in [0.1, 0.15) is 94.0 Å². The first kappa shape index (κ1) is 26.2. The first-order valence-corrected chi connectivity index (χ1v) is 17.4. The third-order valence-electron chi connectivity index (χ3n) is 7.86. The van der Waals surface area contributed by atoms with Gasteiger partial charge in [-0.3, -0.25) is 0 Å². The zero-order valence-electron chi connectivity index (χ0n) is 20.5. The number of rotatable bonds is 2. The van der Waals surface area contributed by atoms with Crippen LogP contribution in [-0.2, 0) is 23.2 Å². The Morgan fingerprint density at radius 1 is 0.688 bits per heavy atom. The normalized spacial score (nSPS) is 21.8. The monoisotopic (exact) mass is 558 g/mol. The fourth-order valence-corrected chi connectivity index (χ4v) is 16.6. The molecule has 0 aromatic heterocycles. The van der Waals surface area contributed by atoms with E-state index in [1.165, 1.54) is 0 Å². The van der Waals surface area contributed by atoms with Crippen molar-refractivity contribution in [2.75, 3.05) is 0 Å². The van der Waals surface area contributed by atoms with E-state index < -0.39 is 31.3 Å². The molecule has 2 unspecified atom stereocenters. The maximum Gasteiger partial charge on any atom is -1.00 e. The minimum absolute atomic E-state index is 0. The summed E-state index contributed by atoms with van der Waals surface area (Å²) in [6, 6.07) is 14.5. The van der Waals surface area contributed by atoms with Crippen molar-refractivity contribution in [3.63, 3.8) is 0 Å². The Labute approximate surface area is 219 Å². The van der Waals surface area contributed by atoms with E-state index in [0.717, 1.165) is 7.25 Å². The molecule has 5 rings (SSSR count). The van der Waals surface area contributed by atoms with Gasteiger partial charge in [-0.25, -0.2) is 0 Å². The van der Waals surface area contributed by atoms with Gasteiger partial charge in [0.05, 0.1) is 0 Å². The number of hydrogen-bond donors (Lipinski definition) is 0. The Morgan fingerprint density at radius 3 is 1.41 bits per heavy atom. The topological polar surface area (TPSA) is 0 Å². The number of halogens is 2. The Balaban J connectivity index is 0.00000144. The van der Waals surface area contributed by atoms with Gasteiger partial charge < -0.3 is 24.8 Å². The molecule has 1 aliphatic heterocycles. The number of fused-ring (bicyclic) bond motifs is 8. The van der Waals surface area contributed by atoms with Crippen LogP contribution < -0.4 is 24.8 Å². The van der Waals surface area contributed by atoms with Gasteiger partial charge in [-0.2, -0.15) is 0 Å². The fraction of sp³-hybridized carbons (Fsp3) is 0.429. The summed E-state index contributed by atoms with van der Waals surface area (Å²) in [6.07, 6.45) is 0. The van der Waals surface area contributed by atoms with Crippen molar-refractivity contribution in [1.29, 1.82) is 0 Å². The molecule has 2 atom stereocenters. The Morgan fingerprint density at radius 2 is 1.06 bits per heavy atom. The molecule has 0 N–H and O–H groups in total. The van der Waals surface area contributed by atoms with Crippen LogP contribution >= 0.6 is 0 Å². The third kappa shape index (κ3) is 3.46. The molecule has 2 aromatic carbocycles. The summed E-state index contributed by atoms with van der Waals surface area (Å²) in [6.45, 7) is 19.9. The van der Waals surface area contributed by atoms with Gasteiger partial charge in [-0.05, 0) is 0 Å². The molecule has 0 spiro atoms. The minimum atomic E-state index is -1.85.